The number of hydrogen-bond donors (Lipinski definition) is 1. The third-order valence-electron chi connectivity index (χ3n) is 3.68. The Hall–Kier alpha value is -1.62. The molecule has 1 N–H and O–H groups in total. The molecule has 0 aliphatic heterocycles. The molecule has 2 rings (SSSR count). The zero-order valence-electron chi connectivity index (χ0n) is 12.1. The first-order chi connectivity index (χ1) is 8.71. The van der Waals surface area contributed by atoms with E-state index in [-0.39, 0.29) is 16.8 Å². The lowest BCUT2D eigenvalue weighted by Gasteiger charge is -2.35. The smallest absolute Gasteiger partial charge is 0.274 e. The Morgan fingerprint density at radius 3 is 2.11 bits per heavy atom. The molecule has 1 heterocycles. The van der Waals surface area contributed by atoms with E-state index in [1.165, 1.54) is 0 Å². The number of rotatable bonds is 2. The highest BCUT2D eigenvalue weighted by Crippen LogP contribution is 2.38. The Morgan fingerprint density at radius 2 is 1.58 bits per heavy atom. The van der Waals surface area contributed by atoms with E-state index in [0.29, 0.717) is 5.52 Å². The topological polar surface area (TPSA) is 55.2 Å². The molecule has 0 fully saturated rings. The molecule has 1 aromatic carbocycles. The minimum atomic E-state index is -2.03. The van der Waals surface area contributed by atoms with Crippen molar-refractivity contribution >= 4 is 19.4 Å². The van der Waals surface area contributed by atoms with Crippen molar-refractivity contribution in [3.8, 4) is 11.8 Å². The molecule has 0 aliphatic carbocycles. The second kappa shape index (κ2) is 4.49. The van der Waals surface area contributed by atoms with Crippen molar-refractivity contribution in [3.63, 3.8) is 0 Å². The number of aromatic nitrogens is 2. The molecular weight excluding hydrogens is 256 g/mol. The molecule has 0 aliphatic rings. The minimum absolute atomic E-state index is 0.0484. The predicted octanol–water partition coefficient (Wildman–Crippen LogP) is 3.72. The van der Waals surface area contributed by atoms with E-state index in [4.69, 9.17) is 4.43 Å². The molecule has 0 amide bonds. The fourth-order valence-electron chi connectivity index (χ4n) is 1.44. The summed E-state index contributed by atoms with van der Waals surface area (Å²) in [5.74, 6) is 0.105. The van der Waals surface area contributed by atoms with Crippen LogP contribution in [-0.2, 0) is 0 Å². The zero-order chi connectivity index (χ0) is 14.3. The predicted molar refractivity (Wildman–Crippen MR) is 79.0 cm³/mol. The summed E-state index contributed by atoms with van der Waals surface area (Å²) < 4.78 is 6.02. The summed E-state index contributed by atoms with van der Waals surface area (Å²) in [5.41, 5.74) is 1.40. The fourth-order valence-corrected chi connectivity index (χ4v) is 2.36. The van der Waals surface area contributed by atoms with E-state index in [1.807, 2.05) is 24.3 Å². The largest absolute Gasteiger partial charge is 0.527 e. The zero-order valence-corrected chi connectivity index (χ0v) is 13.1. The van der Waals surface area contributed by atoms with Gasteiger partial charge in [-0.05, 0) is 30.3 Å². The maximum absolute atomic E-state index is 9.96. The van der Waals surface area contributed by atoms with E-state index in [2.05, 4.69) is 43.8 Å². The second-order valence-corrected chi connectivity index (χ2v) is 10.9. The van der Waals surface area contributed by atoms with Gasteiger partial charge >= 0.3 is 0 Å². The van der Waals surface area contributed by atoms with Crippen molar-refractivity contribution in [2.24, 2.45) is 0 Å². The van der Waals surface area contributed by atoms with Crippen molar-refractivity contribution in [1.82, 2.24) is 9.97 Å². The Balaban J connectivity index is 2.43. The second-order valence-electron chi connectivity index (χ2n) is 6.20. The van der Waals surface area contributed by atoms with Crippen LogP contribution >= 0.6 is 0 Å². The molecule has 5 heteroatoms. The molecule has 0 saturated heterocycles. The van der Waals surface area contributed by atoms with Crippen molar-refractivity contribution in [2.45, 2.75) is 38.9 Å². The Morgan fingerprint density at radius 1 is 1.05 bits per heavy atom. The van der Waals surface area contributed by atoms with Crippen molar-refractivity contribution in [2.75, 3.05) is 0 Å². The van der Waals surface area contributed by atoms with Crippen LogP contribution < -0.4 is 4.43 Å². The summed E-state index contributed by atoms with van der Waals surface area (Å²) in [6, 6.07) is 7.44. The van der Waals surface area contributed by atoms with Gasteiger partial charge in [0.05, 0.1) is 11.0 Å². The lowest BCUT2D eigenvalue weighted by atomic mass is 10.2. The normalized spacial score (nSPS) is 12.7. The van der Waals surface area contributed by atoms with Crippen LogP contribution in [0.5, 0.6) is 11.8 Å². The van der Waals surface area contributed by atoms with Gasteiger partial charge in [0.25, 0.3) is 20.1 Å². The third-order valence-corrected chi connectivity index (χ3v) is 8.00. The number of benzene rings is 1. The fraction of sp³-hybridized carbons (Fsp3) is 0.429. The van der Waals surface area contributed by atoms with Crippen LogP contribution in [0.2, 0.25) is 18.1 Å². The van der Waals surface area contributed by atoms with Crippen LogP contribution in [0.3, 0.4) is 0 Å². The van der Waals surface area contributed by atoms with Crippen LogP contribution in [0.4, 0.5) is 0 Å². The number of aromatic hydroxyl groups is 1. The Kier molecular flexibility index (Phi) is 3.26. The van der Waals surface area contributed by atoms with Gasteiger partial charge in [-0.1, -0.05) is 32.9 Å². The quantitative estimate of drug-likeness (QED) is 0.849. The van der Waals surface area contributed by atoms with Gasteiger partial charge in [0, 0.05) is 0 Å². The number of fused-ring (bicyclic) bond motifs is 1. The van der Waals surface area contributed by atoms with Crippen LogP contribution in [0.25, 0.3) is 11.0 Å². The van der Waals surface area contributed by atoms with E-state index < -0.39 is 8.32 Å². The molecule has 0 bridgehead atoms. The average molecular weight is 276 g/mol. The third kappa shape index (κ3) is 2.70. The highest BCUT2D eigenvalue weighted by molar-refractivity contribution is 6.74. The molecule has 1 aromatic heterocycles. The molecule has 0 unspecified atom stereocenters. The SMILES string of the molecule is CC(C)(C)[Si](C)(C)Oc1nc2ccccc2nc1O. The van der Waals surface area contributed by atoms with Gasteiger partial charge in [-0.15, -0.1) is 0 Å². The van der Waals surface area contributed by atoms with Crippen LogP contribution in [0.1, 0.15) is 20.8 Å². The van der Waals surface area contributed by atoms with E-state index in [9.17, 15) is 5.11 Å². The van der Waals surface area contributed by atoms with Crippen molar-refractivity contribution in [3.05, 3.63) is 24.3 Å². The molecule has 0 saturated carbocycles. The molecule has 4 nitrogen and oxygen atoms in total. The minimum Gasteiger partial charge on any atom is -0.527 e. The number of hydrogen-bond acceptors (Lipinski definition) is 4. The van der Waals surface area contributed by atoms with Gasteiger partial charge in [0.1, 0.15) is 0 Å². The summed E-state index contributed by atoms with van der Waals surface area (Å²) in [4.78, 5) is 8.51. The summed E-state index contributed by atoms with van der Waals surface area (Å²) in [6.45, 7) is 10.7. The number of para-hydroxylation sites is 2. The lowest BCUT2D eigenvalue weighted by Crippen LogP contribution is -2.44. The molecular formula is C14H20N2O2Si. The maximum Gasteiger partial charge on any atom is 0.274 e. The standard InChI is InChI=1S/C14H20N2O2Si/c1-14(2,3)19(4,5)18-13-12(17)15-10-8-6-7-9-11(10)16-13/h6-9H,1-5H3,(H,15,17). The lowest BCUT2D eigenvalue weighted by molar-refractivity contribution is 0.398. The highest BCUT2D eigenvalue weighted by atomic mass is 28.4. The average Bonchev–Trinajstić information content (AvgIpc) is 2.28. The van der Waals surface area contributed by atoms with Gasteiger partial charge in [-0.2, -0.15) is 0 Å². The van der Waals surface area contributed by atoms with Gasteiger partial charge in [0.15, 0.2) is 0 Å². The summed E-state index contributed by atoms with van der Waals surface area (Å²) >= 11 is 0. The first-order valence-corrected chi connectivity index (χ1v) is 9.26. The van der Waals surface area contributed by atoms with Crippen molar-refractivity contribution in [1.29, 1.82) is 0 Å². The summed E-state index contributed by atoms with van der Waals surface area (Å²) in [7, 11) is -2.03. The highest BCUT2D eigenvalue weighted by Gasteiger charge is 2.40. The van der Waals surface area contributed by atoms with Crippen molar-refractivity contribution < 1.29 is 9.53 Å². The first kappa shape index (κ1) is 13.8. The Labute approximate surface area is 114 Å². The van der Waals surface area contributed by atoms with Gasteiger partial charge in [0.2, 0.25) is 0 Å². The monoisotopic (exact) mass is 276 g/mol. The first-order valence-electron chi connectivity index (χ1n) is 6.35. The summed E-state index contributed by atoms with van der Waals surface area (Å²) in [6.07, 6.45) is 0. The van der Waals surface area contributed by atoms with Crippen LogP contribution in [-0.4, -0.2) is 23.4 Å². The van der Waals surface area contributed by atoms with E-state index >= 15 is 0 Å². The van der Waals surface area contributed by atoms with Gasteiger partial charge < -0.3 is 9.53 Å². The van der Waals surface area contributed by atoms with Crippen LogP contribution in [0.15, 0.2) is 24.3 Å². The van der Waals surface area contributed by atoms with E-state index in [0.717, 1.165) is 5.52 Å². The van der Waals surface area contributed by atoms with Crippen LogP contribution in [0, 0.1) is 0 Å². The molecule has 102 valence electrons. The molecule has 19 heavy (non-hydrogen) atoms. The summed E-state index contributed by atoms with van der Waals surface area (Å²) in [5, 5.41) is 10.0. The molecule has 0 radical (unpaired) electrons. The number of nitrogens with zero attached hydrogens (tertiary/aromatic N) is 2. The molecule has 2 aromatic rings. The Bertz CT molecular complexity index is 606. The van der Waals surface area contributed by atoms with Gasteiger partial charge in [-0.3, -0.25) is 0 Å². The van der Waals surface area contributed by atoms with E-state index in [1.54, 1.807) is 0 Å². The molecule has 0 spiro atoms. The maximum atomic E-state index is 9.96. The van der Waals surface area contributed by atoms with Gasteiger partial charge in [-0.25, -0.2) is 9.97 Å². The molecule has 0 atom stereocenters.